The van der Waals surface area contributed by atoms with Gasteiger partial charge in [-0.25, -0.2) is 5.43 Å². The molecule has 0 unspecified atom stereocenters. The molecule has 0 bridgehead atoms. The zero-order valence-corrected chi connectivity index (χ0v) is 13.9. The fraction of sp³-hybridized carbons (Fsp3) is 0.158. The smallest absolute Gasteiger partial charge is 0.271 e. The predicted molar refractivity (Wildman–Crippen MR) is 96.7 cm³/mol. The fourth-order valence-electron chi connectivity index (χ4n) is 2.34. The summed E-state index contributed by atoms with van der Waals surface area (Å²) in [5, 5.41) is 5.16. The van der Waals surface area contributed by atoms with E-state index in [2.05, 4.69) is 10.5 Å². The topological polar surface area (TPSA) is 57.8 Å². The zero-order valence-electron chi connectivity index (χ0n) is 13.9. The minimum absolute atomic E-state index is 0.255. The van der Waals surface area contributed by atoms with Crippen LogP contribution in [0.2, 0.25) is 0 Å². The van der Waals surface area contributed by atoms with Gasteiger partial charge in [0.1, 0.15) is 11.3 Å². The first-order valence-corrected chi connectivity index (χ1v) is 7.65. The molecule has 0 saturated carbocycles. The van der Waals surface area contributed by atoms with Crippen molar-refractivity contribution >= 4 is 28.3 Å². The Morgan fingerprint density at radius 3 is 2.62 bits per heavy atom. The molecule has 0 saturated heterocycles. The number of fused-ring (bicyclic) bond motifs is 1. The first kappa shape index (κ1) is 15.8. The summed E-state index contributed by atoms with van der Waals surface area (Å²) in [6, 6.07) is 17.0. The molecule has 1 heterocycles. The summed E-state index contributed by atoms with van der Waals surface area (Å²) >= 11 is 0. The molecule has 3 rings (SSSR count). The van der Waals surface area contributed by atoms with E-state index in [1.54, 1.807) is 13.0 Å². The maximum Gasteiger partial charge on any atom is 0.271 e. The molecule has 1 amide bonds. The molecule has 0 fully saturated rings. The number of rotatable bonds is 4. The maximum absolute atomic E-state index is 12.3. The lowest BCUT2D eigenvalue weighted by molar-refractivity contribution is 0.0955. The van der Waals surface area contributed by atoms with Gasteiger partial charge in [-0.05, 0) is 37.3 Å². The number of hydrogen-bond donors (Lipinski definition) is 1. The second kappa shape index (κ2) is 6.58. The van der Waals surface area contributed by atoms with Gasteiger partial charge < -0.3 is 9.32 Å². The fourth-order valence-corrected chi connectivity index (χ4v) is 2.34. The van der Waals surface area contributed by atoms with Gasteiger partial charge in [0.15, 0.2) is 5.76 Å². The number of furan rings is 1. The number of anilines is 1. The van der Waals surface area contributed by atoms with Crippen LogP contribution in [0.25, 0.3) is 11.0 Å². The summed E-state index contributed by atoms with van der Waals surface area (Å²) in [4.78, 5) is 14.2. The third kappa shape index (κ3) is 3.30. The van der Waals surface area contributed by atoms with Crippen molar-refractivity contribution in [1.29, 1.82) is 0 Å². The lowest BCUT2D eigenvalue weighted by Crippen LogP contribution is -2.20. The summed E-state index contributed by atoms with van der Waals surface area (Å²) in [6.07, 6.45) is 0. The van der Waals surface area contributed by atoms with E-state index >= 15 is 0 Å². The highest BCUT2D eigenvalue weighted by Crippen LogP contribution is 2.19. The molecule has 5 heteroatoms. The summed E-state index contributed by atoms with van der Waals surface area (Å²) in [5.41, 5.74) is 5.51. The number of hydrazone groups is 1. The molecule has 0 radical (unpaired) electrons. The van der Waals surface area contributed by atoms with Gasteiger partial charge in [0, 0.05) is 30.7 Å². The van der Waals surface area contributed by atoms with Crippen molar-refractivity contribution in [3.05, 3.63) is 65.9 Å². The quantitative estimate of drug-likeness (QED) is 0.589. The number of benzene rings is 2. The lowest BCUT2D eigenvalue weighted by Gasteiger charge is -2.12. The SMILES string of the molecule is C/C(=N\NC(=O)c1cccc(N(C)C)c1)c1cc2ccccc2o1. The molecule has 122 valence electrons. The first-order chi connectivity index (χ1) is 11.5. The molecule has 1 N–H and O–H groups in total. The molecule has 0 aliphatic carbocycles. The third-order valence-electron chi connectivity index (χ3n) is 3.73. The Balaban J connectivity index is 1.76. The monoisotopic (exact) mass is 321 g/mol. The summed E-state index contributed by atoms with van der Waals surface area (Å²) < 4.78 is 5.73. The van der Waals surface area contributed by atoms with Crippen molar-refractivity contribution in [1.82, 2.24) is 5.43 Å². The van der Waals surface area contributed by atoms with E-state index in [0.717, 1.165) is 16.7 Å². The number of amides is 1. The van der Waals surface area contributed by atoms with Gasteiger partial charge in [-0.15, -0.1) is 0 Å². The van der Waals surface area contributed by atoms with Crippen molar-refractivity contribution in [2.75, 3.05) is 19.0 Å². The van der Waals surface area contributed by atoms with E-state index in [-0.39, 0.29) is 5.91 Å². The number of para-hydroxylation sites is 1. The van der Waals surface area contributed by atoms with Gasteiger partial charge in [0.2, 0.25) is 0 Å². The van der Waals surface area contributed by atoms with Gasteiger partial charge in [-0.1, -0.05) is 24.3 Å². The molecule has 3 aromatic rings. The van der Waals surface area contributed by atoms with E-state index in [1.807, 2.05) is 67.5 Å². The lowest BCUT2D eigenvalue weighted by atomic mass is 10.2. The van der Waals surface area contributed by atoms with Crippen molar-refractivity contribution in [3.8, 4) is 0 Å². The van der Waals surface area contributed by atoms with E-state index < -0.39 is 0 Å². The van der Waals surface area contributed by atoms with Crippen molar-refractivity contribution in [3.63, 3.8) is 0 Å². The normalized spacial score (nSPS) is 11.5. The Kier molecular flexibility index (Phi) is 4.33. The number of nitrogens with zero attached hydrogens (tertiary/aromatic N) is 2. The molecular formula is C19H19N3O2. The third-order valence-corrected chi connectivity index (χ3v) is 3.73. The van der Waals surface area contributed by atoms with Crippen LogP contribution in [0.1, 0.15) is 23.0 Å². The van der Waals surface area contributed by atoms with Crippen LogP contribution in [0.15, 0.2) is 64.1 Å². The minimum Gasteiger partial charge on any atom is -0.455 e. The van der Waals surface area contributed by atoms with Gasteiger partial charge in [-0.3, -0.25) is 4.79 Å². The Labute approximate surface area is 140 Å². The molecular weight excluding hydrogens is 302 g/mol. The van der Waals surface area contributed by atoms with Crippen LogP contribution in [0, 0.1) is 0 Å². The molecule has 2 aromatic carbocycles. The Hall–Kier alpha value is -3.08. The van der Waals surface area contributed by atoms with Gasteiger partial charge in [0.25, 0.3) is 5.91 Å². The number of carbonyl (C=O) groups is 1. The molecule has 0 atom stereocenters. The van der Waals surface area contributed by atoms with E-state index in [1.165, 1.54) is 0 Å². The predicted octanol–water partition coefficient (Wildman–Crippen LogP) is 3.65. The minimum atomic E-state index is -0.255. The molecule has 0 aliphatic rings. The molecule has 1 aromatic heterocycles. The van der Waals surface area contributed by atoms with Crippen LogP contribution < -0.4 is 10.3 Å². The molecule has 5 nitrogen and oxygen atoms in total. The second-order valence-electron chi connectivity index (χ2n) is 5.73. The average Bonchev–Trinajstić information content (AvgIpc) is 3.03. The summed E-state index contributed by atoms with van der Waals surface area (Å²) in [5.74, 6) is 0.382. The first-order valence-electron chi connectivity index (χ1n) is 7.65. The molecule has 0 aliphatic heterocycles. The van der Waals surface area contributed by atoms with Crippen LogP contribution >= 0.6 is 0 Å². The van der Waals surface area contributed by atoms with Crippen LogP contribution in [-0.2, 0) is 0 Å². The Bertz CT molecular complexity index is 877. The highest BCUT2D eigenvalue weighted by molar-refractivity contribution is 6.01. The Morgan fingerprint density at radius 2 is 1.88 bits per heavy atom. The number of nitrogens with one attached hydrogen (secondary N) is 1. The van der Waals surface area contributed by atoms with Crippen LogP contribution in [-0.4, -0.2) is 25.7 Å². The van der Waals surface area contributed by atoms with Crippen LogP contribution in [0.3, 0.4) is 0 Å². The standard InChI is InChI=1S/C19H19N3O2/c1-13(18-12-14-7-4-5-10-17(14)24-18)20-21-19(23)15-8-6-9-16(11-15)22(2)3/h4-12H,1-3H3,(H,21,23)/b20-13+. The summed E-state index contributed by atoms with van der Waals surface area (Å²) in [7, 11) is 3.86. The van der Waals surface area contributed by atoms with Crippen LogP contribution in [0.4, 0.5) is 5.69 Å². The van der Waals surface area contributed by atoms with Crippen molar-refractivity contribution < 1.29 is 9.21 Å². The molecule has 24 heavy (non-hydrogen) atoms. The zero-order chi connectivity index (χ0) is 17.1. The molecule has 0 spiro atoms. The van der Waals surface area contributed by atoms with Crippen molar-refractivity contribution in [2.24, 2.45) is 5.10 Å². The van der Waals surface area contributed by atoms with Gasteiger partial charge >= 0.3 is 0 Å². The van der Waals surface area contributed by atoms with Crippen LogP contribution in [0.5, 0.6) is 0 Å². The highest BCUT2D eigenvalue weighted by atomic mass is 16.3. The van der Waals surface area contributed by atoms with Gasteiger partial charge in [-0.2, -0.15) is 5.10 Å². The second-order valence-corrected chi connectivity index (χ2v) is 5.73. The van der Waals surface area contributed by atoms with E-state index in [4.69, 9.17) is 4.42 Å². The number of hydrogen-bond acceptors (Lipinski definition) is 4. The maximum atomic E-state index is 12.3. The van der Waals surface area contributed by atoms with Crippen molar-refractivity contribution in [2.45, 2.75) is 6.92 Å². The van der Waals surface area contributed by atoms with E-state index in [0.29, 0.717) is 17.0 Å². The average molecular weight is 321 g/mol. The highest BCUT2D eigenvalue weighted by Gasteiger charge is 2.09. The summed E-state index contributed by atoms with van der Waals surface area (Å²) in [6.45, 7) is 1.80. The largest absolute Gasteiger partial charge is 0.455 e. The van der Waals surface area contributed by atoms with Gasteiger partial charge in [0.05, 0.1) is 0 Å². The Morgan fingerprint density at radius 1 is 1.08 bits per heavy atom. The number of carbonyl (C=O) groups excluding carboxylic acids is 1. The van der Waals surface area contributed by atoms with E-state index in [9.17, 15) is 4.79 Å².